The maximum absolute atomic E-state index is 13.6. The van der Waals surface area contributed by atoms with Crippen LogP contribution in [0.2, 0.25) is 0 Å². The molecule has 384 valence electrons. The molecule has 2 aromatic carbocycles. The molecule has 4 N–H and O–H groups in total. The molecule has 3 aromatic rings. The molecule has 6 atom stereocenters. The highest BCUT2D eigenvalue weighted by atomic mass is 32.2. The summed E-state index contributed by atoms with van der Waals surface area (Å²) in [5.41, 5.74) is 1.57. The van der Waals surface area contributed by atoms with Gasteiger partial charge in [0.25, 0.3) is 5.56 Å². The number of H-pyrrole nitrogens is 1. The summed E-state index contributed by atoms with van der Waals surface area (Å²) in [4.78, 5) is 38.3. The van der Waals surface area contributed by atoms with E-state index in [-0.39, 0.29) is 60.1 Å². The van der Waals surface area contributed by atoms with Crippen molar-refractivity contribution in [3.63, 3.8) is 0 Å². The van der Waals surface area contributed by atoms with Crippen molar-refractivity contribution in [1.82, 2.24) is 19.2 Å². The predicted molar refractivity (Wildman–Crippen MR) is 263 cm³/mol. The second-order valence-electron chi connectivity index (χ2n) is 18.8. The van der Waals surface area contributed by atoms with E-state index in [0.29, 0.717) is 69.3 Å². The van der Waals surface area contributed by atoms with Crippen LogP contribution in [0.5, 0.6) is 0 Å². The number of aliphatic hydroxyl groups is 2. The van der Waals surface area contributed by atoms with Crippen LogP contribution in [0, 0.1) is 30.6 Å². The first kappa shape index (κ1) is 58.6. The number of rotatable bonds is 21. The number of hydrogen-bond acceptors (Lipinski definition) is 13. The molecule has 2 aliphatic rings. The van der Waals surface area contributed by atoms with Crippen LogP contribution in [0.4, 0.5) is 4.79 Å². The first-order chi connectivity index (χ1) is 32.0. The molecule has 2 aliphatic heterocycles. The lowest BCUT2D eigenvalue weighted by Crippen LogP contribution is -2.51. The average Bonchev–Trinajstić information content (AvgIpc) is 3.95. The fourth-order valence-electron chi connectivity index (χ4n) is 7.87. The van der Waals surface area contributed by atoms with Crippen molar-refractivity contribution in [2.45, 2.75) is 137 Å². The molecule has 2 fully saturated rings. The third kappa shape index (κ3) is 18.6. The lowest BCUT2D eigenvalue weighted by Gasteiger charge is -2.30. The summed E-state index contributed by atoms with van der Waals surface area (Å²) in [5, 5.41) is 23.4. The second-order valence-corrected chi connectivity index (χ2v) is 22.8. The predicted octanol–water partition coefficient (Wildman–Crippen LogP) is 7.25. The first-order valence-electron chi connectivity index (χ1n) is 23.9. The molecule has 3 heterocycles. The van der Waals surface area contributed by atoms with E-state index in [2.05, 4.69) is 38.0 Å². The van der Waals surface area contributed by atoms with Crippen molar-refractivity contribution in [1.29, 1.82) is 0 Å². The van der Waals surface area contributed by atoms with Crippen molar-refractivity contribution in [3.8, 4) is 0 Å². The summed E-state index contributed by atoms with van der Waals surface area (Å²) in [6, 6.07) is 15.6. The van der Waals surface area contributed by atoms with E-state index < -0.39 is 47.8 Å². The van der Waals surface area contributed by atoms with Crippen LogP contribution in [0.3, 0.4) is 0 Å². The molecule has 4 unspecified atom stereocenters. The van der Waals surface area contributed by atoms with Crippen LogP contribution in [0.1, 0.15) is 111 Å². The number of aliphatic hydroxyl groups excluding tert-OH is 2. The van der Waals surface area contributed by atoms with Gasteiger partial charge < -0.3 is 38.8 Å². The minimum absolute atomic E-state index is 0.0322. The van der Waals surface area contributed by atoms with Crippen molar-refractivity contribution in [2.75, 3.05) is 52.3 Å². The minimum atomic E-state index is -3.87. The Labute approximate surface area is 403 Å². The summed E-state index contributed by atoms with van der Waals surface area (Å²) in [6.07, 6.45) is 0.782. The number of aromatic nitrogens is 2. The smallest absolute Gasteiger partial charge is 0.407 e. The van der Waals surface area contributed by atoms with E-state index in [9.17, 15) is 37.6 Å². The largest absolute Gasteiger partial charge is 0.444 e. The van der Waals surface area contributed by atoms with Gasteiger partial charge in [-0.25, -0.2) is 18.0 Å². The third-order valence-electron chi connectivity index (χ3n) is 11.4. The summed E-state index contributed by atoms with van der Waals surface area (Å²) in [7, 11) is -6.65. The van der Waals surface area contributed by atoms with E-state index >= 15 is 0 Å². The Morgan fingerprint density at radius 2 is 1.59 bits per heavy atom. The van der Waals surface area contributed by atoms with Gasteiger partial charge in [0.05, 0.1) is 62.3 Å². The van der Waals surface area contributed by atoms with Crippen LogP contribution in [0.25, 0.3) is 0 Å². The standard InChI is InChI=1S/C28H40N2O6S.C13H20N2O4.C8H19O3P/c1-20(2)17-30(37(33,34)25-12-10-23(11-13-25)21(3)4)18-27(31)26(16-22-8-6-5-7-9-22)29-28(32)36-24-14-15-35-19-24;1-7(2)9-4-11(19-10(9)6-16)15-5-8(3)12(17)14-13(15)18;1-5-10-12(9,11-6-2)7-8(3)4/h5-13,20-21,24,26-27,31H,14-19H2,1-4H3,(H,29,32);5,7,9-11,16H,4,6H2,1-3H3,(H,14,17,18);8H,5-7H2,1-4H3/t24?,26-,27+;;/m0../s1. The molecule has 17 nitrogen and oxygen atoms in total. The van der Waals surface area contributed by atoms with E-state index in [0.717, 1.165) is 11.1 Å². The van der Waals surface area contributed by atoms with Crippen LogP contribution >= 0.6 is 7.60 Å². The number of ether oxygens (including phenoxy) is 3. The van der Waals surface area contributed by atoms with Crippen molar-refractivity contribution >= 4 is 23.7 Å². The highest BCUT2D eigenvalue weighted by Gasteiger charge is 2.38. The zero-order valence-electron chi connectivity index (χ0n) is 42.0. The van der Waals surface area contributed by atoms with Gasteiger partial charge in [-0.2, -0.15) is 4.31 Å². The van der Waals surface area contributed by atoms with E-state index in [1.165, 1.54) is 15.1 Å². The van der Waals surface area contributed by atoms with Crippen molar-refractivity contribution in [3.05, 3.63) is 98.3 Å². The molecule has 0 saturated carbocycles. The van der Waals surface area contributed by atoms with Gasteiger partial charge in [-0.15, -0.1) is 0 Å². The summed E-state index contributed by atoms with van der Waals surface area (Å²) < 4.78 is 68.4. The Balaban J connectivity index is 0.000000326. The fraction of sp³-hybridized carbons (Fsp3) is 0.653. The van der Waals surface area contributed by atoms with Crippen molar-refractivity contribution < 1.29 is 51.2 Å². The molecule has 0 bridgehead atoms. The lowest BCUT2D eigenvalue weighted by atomic mass is 9.89. The second kappa shape index (κ2) is 28.2. The number of aromatic amines is 1. The number of hydrogen-bond donors (Lipinski definition) is 4. The SMILES string of the molecule is CC(C)CN(C[C@@H](O)[C@H](Cc1ccccc1)NC(=O)OC1CCOC1)S(=O)(=O)c1ccc(C(C)C)cc1.CCOP(=O)(CC(C)C)OCC.Cc1cn(C2CC(C(C)C)C(CO)O2)c(=O)[nH]c1=O. The zero-order valence-corrected chi connectivity index (χ0v) is 43.7. The molecule has 0 spiro atoms. The Morgan fingerprint density at radius 1 is 0.956 bits per heavy atom. The third-order valence-corrected chi connectivity index (χ3v) is 15.7. The normalized spacial score (nSPS) is 19.4. The summed E-state index contributed by atoms with van der Waals surface area (Å²) in [6.45, 7) is 23.2. The Morgan fingerprint density at radius 3 is 2.09 bits per heavy atom. The molecule has 2 saturated heterocycles. The topological polar surface area (TPSA) is 225 Å². The van der Waals surface area contributed by atoms with Gasteiger partial charge in [-0.1, -0.05) is 97.9 Å². The zero-order chi connectivity index (χ0) is 50.8. The summed E-state index contributed by atoms with van der Waals surface area (Å²) >= 11 is 0. The van der Waals surface area contributed by atoms with E-state index in [1.807, 2.05) is 84.0 Å². The van der Waals surface area contributed by atoms with E-state index in [1.54, 1.807) is 19.1 Å². The highest BCUT2D eigenvalue weighted by Crippen LogP contribution is 2.49. The summed E-state index contributed by atoms with van der Waals surface area (Å²) in [5.74, 6) is 1.22. The number of benzene rings is 2. The number of carbonyl (C=O) groups excluding carboxylic acids is 1. The average molecular weight is 995 g/mol. The lowest BCUT2D eigenvalue weighted by molar-refractivity contribution is -0.0361. The van der Waals surface area contributed by atoms with Gasteiger partial charge in [0.2, 0.25) is 10.0 Å². The fourth-order valence-corrected chi connectivity index (χ4v) is 11.5. The molecular formula is C49H79N4O13PS. The number of carbonyl (C=O) groups is 1. The Kier molecular flexibility index (Phi) is 24.3. The molecule has 0 aliphatic carbocycles. The van der Waals surface area contributed by atoms with Gasteiger partial charge in [0, 0.05) is 31.3 Å². The number of nitrogens with zero attached hydrogens (tertiary/aromatic N) is 2. The molecule has 19 heteroatoms. The van der Waals surface area contributed by atoms with Crippen LogP contribution in [0.15, 0.2) is 75.3 Å². The highest BCUT2D eigenvalue weighted by molar-refractivity contribution is 7.89. The monoisotopic (exact) mass is 995 g/mol. The number of aryl methyl sites for hydroxylation is 1. The molecule has 0 radical (unpaired) electrons. The number of sulfonamides is 1. The van der Waals surface area contributed by atoms with Gasteiger partial charge in [0.1, 0.15) is 12.3 Å². The first-order valence-corrected chi connectivity index (χ1v) is 27.0. The molecular weight excluding hydrogens is 916 g/mol. The number of amides is 1. The van der Waals surface area contributed by atoms with Gasteiger partial charge in [0.15, 0.2) is 0 Å². The number of alkyl carbamates (subject to hydrolysis) is 1. The van der Waals surface area contributed by atoms with Crippen LogP contribution < -0.4 is 16.6 Å². The molecule has 1 amide bonds. The van der Waals surface area contributed by atoms with Gasteiger partial charge in [-0.05, 0) is 86.5 Å². The maximum Gasteiger partial charge on any atom is 0.407 e. The Bertz CT molecular complexity index is 2220. The maximum atomic E-state index is 13.6. The van der Waals surface area contributed by atoms with Gasteiger partial charge in [-0.3, -0.25) is 18.9 Å². The Hall–Kier alpha value is -3.71. The quantitative estimate of drug-likeness (QED) is 0.0773. The number of nitrogens with one attached hydrogen (secondary N) is 2. The molecule has 5 rings (SSSR count). The minimum Gasteiger partial charge on any atom is -0.444 e. The molecule has 1 aromatic heterocycles. The van der Waals surface area contributed by atoms with Gasteiger partial charge >= 0.3 is 19.4 Å². The van der Waals surface area contributed by atoms with E-state index in [4.69, 9.17) is 23.3 Å². The molecule has 68 heavy (non-hydrogen) atoms. The van der Waals surface area contributed by atoms with Crippen LogP contribution in [-0.2, 0) is 44.3 Å². The van der Waals surface area contributed by atoms with Crippen molar-refractivity contribution in [2.24, 2.45) is 23.7 Å². The van der Waals surface area contributed by atoms with Crippen LogP contribution in [-0.4, -0.2) is 115 Å².